The number of carbonyl (C=O) groups is 1. The zero-order chi connectivity index (χ0) is 16.2. The van der Waals surface area contributed by atoms with E-state index in [1.165, 1.54) is 0 Å². The number of halogens is 1. The molecule has 0 aromatic heterocycles. The van der Waals surface area contributed by atoms with Crippen molar-refractivity contribution in [1.82, 2.24) is 4.90 Å². The average molecular weight is 346 g/mol. The third kappa shape index (κ3) is 8.63. The summed E-state index contributed by atoms with van der Waals surface area (Å²) in [6, 6.07) is 7.71. The van der Waals surface area contributed by atoms with Gasteiger partial charge >= 0.3 is 0 Å². The van der Waals surface area contributed by atoms with E-state index in [0.717, 1.165) is 16.3 Å². The van der Waals surface area contributed by atoms with E-state index < -0.39 is 0 Å². The molecular weight excluding hydrogens is 322 g/mol. The number of amides is 1. The van der Waals surface area contributed by atoms with Crippen molar-refractivity contribution in [2.24, 2.45) is 0 Å². The molecule has 1 rings (SSSR count). The number of ether oxygens (including phenoxy) is 2. The number of hydrogen-bond donors (Lipinski definition) is 0. The number of rotatable bonds is 11. The molecule has 22 heavy (non-hydrogen) atoms. The first-order chi connectivity index (χ1) is 10.6. The lowest BCUT2D eigenvalue weighted by Crippen LogP contribution is -2.31. The number of nitrogens with zero attached hydrogens (tertiary/aromatic N) is 1. The SMILES string of the molecule is CCOCCOCCN(C)C(=O)CSCc1cccc(Cl)c1. The van der Waals surface area contributed by atoms with Crippen LogP contribution in [0.15, 0.2) is 24.3 Å². The van der Waals surface area contributed by atoms with Gasteiger partial charge in [-0.2, -0.15) is 0 Å². The van der Waals surface area contributed by atoms with Gasteiger partial charge in [-0.1, -0.05) is 23.7 Å². The largest absolute Gasteiger partial charge is 0.379 e. The second kappa shape index (κ2) is 11.8. The van der Waals surface area contributed by atoms with Crippen molar-refractivity contribution >= 4 is 29.3 Å². The van der Waals surface area contributed by atoms with Gasteiger partial charge in [-0.15, -0.1) is 11.8 Å². The fraction of sp³-hybridized carbons (Fsp3) is 0.562. The van der Waals surface area contributed by atoms with Crippen LogP contribution in [0.25, 0.3) is 0 Å². The van der Waals surface area contributed by atoms with E-state index >= 15 is 0 Å². The van der Waals surface area contributed by atoms with Crippen molar-refractivity contribution in [3.05, 3.63) is 34.9 Å². The predicted molar refractivity (Wildman–Crippen MR) is 92.6 cm³/mol. The molecule has 0 heterocycles. The van der Waals surface area contributed by atoms with Crippen LogP contribution in [-0.4, -0.2) is 56.6 Å². The highest BCUT2D eigenvalue weighted by atomic mass is 35.5. The Hall–Kier alpha value is -0.750. The van der Waals surface area contributed by atoms with Crippen LogP contribution in [0, 0.1) is 0 Å². The van der Waals surface area contributed by atoms with Gasteiger partial charge in [0.2, 0.25) is 5.91 Å². The summed E-state index contributed by atoms with van der Waals surface area (Å²) in [4.78, 5) is 13.7. The van der Waals surface area contributed by atoms with E-state index in [4.69, 9.17) is 21.1 Å². The number of carbonyl (C=O) groups excluding carboxylic acids is 1. The average Bonchev–Trinajstić information content (AvgIpc) is 2.50. The molecule has 1 aromatic rings. The molecular formula is C16H24ClNO3S. The Morgan fingerprint density at radius 1 is 1.27 bits per heavy atom. The van der Waals surface area contributed by atoms with E-state index in [1.54, 1.807) is 23.7 Å². The topological polar surface area (TPSA) is 38.8 Å². The van der Waals surface area contributed by atoms with Crippen molar-refractivity contribution in [2.45, 2.75) is 12.7 Å². The van der Waals surface area contributed by atoms with Crippen LogP contribution in [0.2, 0.25) is 5.02 Å². The Morgan fingerprint density at radius 2 is 2.05 bits per heavy atom. The summed E-state index contributed by atoms with van der Waals surface area (Å²) >= 11 is 7.52. The molecule has 4 nitrogen and oxygen atoms in total. The van der Waals surface area contributed by atoms with Gasteiger partial charge in [-0.3, -0.25) is 4.79 Å². The van der Waals surface area contributed by atoms with Crippen molar-refractivity contribution in [1.29, 1.82) is 0 Å². The minimum atomic E-state index is 0.112. The lowest BCUT2D eigenvalue weighted by molar-refractivity contribution is -0.127. The smallest absolute Gasteiger partial charge is 0.232 e. The fourth-order valence-electron chi connectivity index (χ4n) is 1.68. The summed E-state index contributed by atoms with van der Waals surface area (Å²) in [7, 11) is 1.80. The maximum absolute atomic E-state index is 12.0. The van der Waals surface area contributed by atoms with Crippen molar-refractivity contribution < 1.29 is 14.3 Å². The van der Waals surface area contributed by atoms with Gasteiger partial charge in [0.05, 0.1) is 25.6 Å². The quantitative estimate of drug-likeness (QED) is 0.578. The molecule has 0 atom stereocenters. The third-order valence-corrected chi connectivity index (χ3v) is 4.18. The molecule has 0 aliphatic carbocycles. The Kier molecular flexibility index (Phi) is 10.3. The maximum atomic E-state index is 12.0. The minimum Gasteiger partial charge on any atom is -0.379 e. The third-order valence-electron chi connectivity index (χ3n) is 2.96. The molecule has 0 radical (unpaired) electrons. The first-order valence-electron chi connectivity index (χ1n) is 7.35. The molecule has 0 saturated heterocycles. The van der Waals surface area contributed by atoms with Crippen LogP contribution >= 0.6 is 23.4 Å². The second-order valence-corrected chi connectivity index (χ2v) is 6.17. The zero-order valence-corrected chi connectivity index (χ0v) is 14.8. The van der Waals surface area contributed by atoms with Gasteiger partial charge in [0.15, 0.2) is 0 Å². The maximum Gasteiger partial charge on any atom is 0.232 e. The van der Waals surface area contributed by atoms with Gasteiger partial charge in [0.25, 0.3) is 0 Å². The lowest BCUT2D eigenvalue weighted by Gasteiger charge is -2.17. The first kappa shape index (κ1) is 19.3. The van der Waals surface area contributed by atoms with Crippen LogP contribution in [-0.2, 0) is 20.0 Å². The van der Waals surface area contributed by atoms with Gasteiger partial charge in [-0.25, -0.2) is 0 Å². The Morgan fingerprint density at radius 3 is 2.77 bits per heavy atom. The van der Waals surface area contributed by atoms with Crippen molar-refractivity contribution in [3.63, 3.8) is 0 Å². The molecule has 6 heteroatoms. The van der Waals surface area contributed by atoms with Gasteiger partial charge in [-0.05, 0) is 24.6 Å². The second-order valence-electron chi connectivity index (χ2n) is 4.75. The van der Waals surface area contributed by atoms with Crippen molar-refractivity contribution in [3.8, 4) is 0 Å². The van der Waals surface area contributed by atoms with E-state index in [9.17, 15) is 4.79 Å². The highest BCUT2D eigenvalue weighted by molar-refractivity contribution is 7.99. The Labute approximate surface area is 142 Å². The van der Waals surface area contributed by atoms with Crippen LogP contribution < -0.4 is 0 Å². The highest BCUT2D eigenvalue weighted by Gasteiger charge is 2.08. The van der Waals surface area contributed by atoms with Gasteiger partial charge < -0.3 is 14.4 Å². The fourth-order valence-corrected chi connectivity index (χ4v) is 2.81. The summed E-state index contributed by atoms with van der Waals surface area (Å²) in [5.41, 5.74) is 1.13. The molecule has 0 aliphatic heterocycles. The van der Waals surface area contributed by atoms with Gasteiger partial charge in [0.1, 0.15) is 0 Å². The normalized spacial score (nSPS) is 10.7. The molecule has 124 valence electrons. The minimum absolute atomic E-state index is 0.112. The summed E-state index contributed by atoms with van der Waals surface area (Å²) in [6.07, 6.45) is 0. The predicted octanol–water partition coefficient (Wildman–Crippen LogP) is 3.08. The summed E-state index contributed by atoms with van der Waals surface area (Å²) in [5.74, 6) is 1.35. The van der Waals surface area contributed by atoms with E-state index in [-0.39, 0.29) is 5.91 Å². The Bertz CT molecular complexity index is 445. The molecule has 0 aliphatic rings. The van der Waals surface area contributed by atoms with E-state index in [0.29, 0.717) is 38.7 Å². The molecule has 0 saturated carbocycles. The van der Waals surface area contributed by atoms with Crippen LogP contribution in [0.4, 0.5) is 0 Å². The number of benzene rings is 1. The number of hydrogen-bond acceptors (Lipinski definition) is 4. The van der Waals surface area contributed by atoms with Crippen LogP contribution in [0.1, 0.15) is 12.5 Å². The van der Waals surface area contributed by atoms with E-state index in [2.05, 4.69) is 0 Å². The standard InChI is InChI=1S/C16H24ClNO3S/c1-3-20-9-10-21-8-7-18(2)16(19)13-22-12-14-5-4-6-15(17)11-14/h4-6,11H,3,7-10,12-13H2,1-2H3. The molecule has 0 fully saturated rings. The number of likely N-dealkylation sites (N-methyl/N-ethyl adjacent to an activating group) is 1. The first-order valence-corrected chi connectivity index (χ1v) is 8.88. The Balaban J connectivity index is 2.11. The molecule has 1 aromatic carbocycles. The summed E-state index contributed by atoms with van der Waals surface area (Å²) in [5, 5.41) is 0.728. The van der Waals surface area contributed by atoms with Gasteiger partial charge in [0, 0.05) is 31.0 Å². The van der Waals surface area contributed by atoms with Crippen LogP contribution in [0.3, 0.4) is 0 Å². The monoisotopic (exact) mass is 345 g/mol. The molecule has 0 N–H and O–H groups in total. The highest BCUT2D eigenvalue weighted by Crippen LogP contribution is 2.16. The van der Waals surface area contributed by atoms with Crippen molar-refractivity contribution in [2.75, 3.05) is 45.8 Å². The lowest BCUT2D eigenvalue weighted by atomic mass is 10.2. The molecule has 0 bridgehead atoms. The van der Waals surface area contributed by atoms with E-state index in [1.807, 2.05) is 31.2 Å². The zero-order valence-electron chi connectivity index (χ0n) is 13.2. The summed E-state index contributed by atoms with van der Waals surface area (Å²) < 4.78 is 10.6. The number of thioether (sulfide) groups is 1. The van der Waals surface area contributed by atoms with Crippen LogP contribution in [0.5, 0.6) is 0 Å². The molecule has 0 unspecified atom stereocenters. The molecule has 0 spiro atoms. The molecule has 1 amide bonds. The summed E-state index contributed by atoms with van der Waals surface area (Å²) in [6.45, 7) is 4.96.